The van der Waals surface area contributed by atoms with Crippen molar-refractivity contribution in [3.05, 3.63) is 49.1 Å². The van der Waals surface area contributed by atoms with Gasteiger partial charge in [-0.2, -0.15) is 11.8 Å². The van der Waals surface area contributed by atoms with Crippen molar-refractivity contribution in [2.45, 2.75) is 4.90 Å². The van der Waals surface area contributed by atoms with Crippen molar-refractivity contribution >= 4 is 52.5 Å². The molecule has 1 aliphatic heterocycles. The molecule has 0 bridgehead atoms. The van der Waals surface area contributed by atoms with Crippen LogP contribution in [0, 0.1) is 0 Å². The van der Waals surface area contributed by atoms with Crippen LogP contribution in [0.25, 0.3) is 0 Å². The molecule has 0 unspecified atom stereocenters. The number of piperazine rings is 1. The summed E-state index contributed by atoms with van der Waals surface area (Å²) < 4.78 is 0. The lowest BCUT2D eigenvalue weighted by Crippen LogP contribution is -2.44. The smallest absolute Gasteiger partial charge is 0.145 e. The van der Waals surface area contributed by atoms with Crippen LogP contribution < -0.4 is 15.5 Å². The lowest BCUT2D eigenvalue weighted by atomic mass is 10.3. The van der Waals surface area contributed by atoms with Crippen LogP contribution >= 0.6 is 23.5 Å². The molecule has 0 aliphatic carbocycles. The van der Waals surface area contributed by atoms with Crippen molar-refractivity contribution in [3.8, 4) is 0 Å². The zero-order chi connectivity index (χ0) is 22.8. The molecule has 170 valence electrons. The van der Waals surface area contributed by atoms with Crippen molar-refractivity contribution in [1.29, 1.82) is 0 Å². The third-order valence-corrected chi connectivity index (χ3v) is 5.55. The second kappa shape index (κ2) is 12.5. The van der Waals surface area contributed by atoms with Crippen LogP contribution in [0.5, 0.6) is 0 Å². The van der Waals surface area contributed by atoms with E-state index in [2.05, 4.69) is 53.5 Å². The summed E-state index contributed by atoms with van der Waals surface area (Å²) in [6, 6.07) is 9.86. The van der Waals surface area contributed by atoms with Crippen LogP contribution in [-0.4, -0.2) is 76.8 Å². The highest BCUT2D eigenvalue weighted by molar-refractivity contribution is 7.98. The molecule has 10 heteroatoms. The molecule has 8 nitrogen and oxygen atoms in total. The molecular weight excluding hydrogens is 440 g/mol. The van der Waals surface area contributed by atoms with Crippen LogP contribution in [-0.2, 0) is 0 Å². The Kier molecular flexibility index (Phi) is 9.39. The number of aromatic nitrogens is 4. The molecule has 0 aromatic carbocycles. The first-order chi connectivity index (χ1) is 15.6. The van der Waals surface area contributed by atoms with Crippen molar-refractivity contribution in [1.82, 2.24) is 24.8 Å². The van der Waals surface area contributed by atoms with Gasteiger partial charge in [0.15, 0.2) is 0 Å². The van der Waals surface area contributed by atoms with E-state index in [1.54, 1.807) is 29.7 Å². The van der Waals surface area contributed by atoms with Crippen molar-refractivity contribution in [2.24, 2.45) is 0 Å². The number of nitrogens with zero attached hydrogens (tertiary/aromatic N) is 6. The quantitative estimate of drug-likeness (QED) is 0.511. The lowest BCUT2D eigenvalue weighted by Gasteiger charge is -2.33. The predicted molar refractivity (Wildman–Crippen MR) is 138 cm³/mol. The van der Waals surface area contributed by atoms with Gasteiger partial charge in [0.2, 0.25) is 0 Å². The van der Waals surface area contributed by atoms with E-state index in [4.69, 9.17) is 0 Å². The number of nitrogens with one attached hydrogen (secondary N) is 2. The standard InChI is InChI=1S/C20H24N8S.C2H6S/c1-27-8-10-28(11-9-27)15-5-6-17(22-13-15)25-18-12-19(24-14-23-18)26-20-16(29-2)4-3-7-21-20;1-3-2/h3-7,12-14H,8-11H2,1-2H3,(H2,21,22,23,24,25,26);1-2H3. The van der Waals surface area contributed by atoms with Crippen LogP contribution in [0.4, 0.5) is 29.0 Å². The van der Waals surface area contributed by atoms with Crippen LogP contribution in [0.15, 0.2) is 53.9 Å². The normalized spacial score (nSPS) is 13.8. The van der Waals surface area contributed by atoms with E-state index in [-0.39, 0.29) is 0 Å². The Morgan fingerprint density at radius 2 is 1.56 bits per heavy atom. The first-order valence-electron chi connectivity index (χ1n) is 10.3. The molecule has 0 saturated carbocycles. The summed E-state index contributed by atoms with van der Waals surface area (Å²) in [6.07, 6.45) is 11.3. The summed E-state index contributed by atoms with van der Waals surface area (Å²) in [5, 5.41) is 6.49. The minimum absolute atomic E-state index is 0.670. The van der Waals surface area contributed by atoms with Crippen LogP contribution in [0.2, 0.25) is 0 Å². The fourth-order valence-electron chi connectivity index (χ4n) is 3.11. The average molecular weight is 471 g/mol. The molecule has 1 fully saturated rings. The summed E-state index contributed by atoms with van der Waals surface area (Å²) in [6.45, 7) is 4.20. The first-order valence-corrected chi connectivity index (χ1v) is 13.1. The van der Waals surface area contributed by atoms with Gasteiger partial charge in [-0.3, -0.25) is 0 Å². The largest absolute Gasteiger partial charge is 0.368 e. The highest BCUT2D eigenvalue weighted by Gasteiger charge is 2.14. The van der Waals surface area contributed by atoms with E-state index in [1.807, 2.05) is 49.2 Å². The van der Waals surface area contributed by atoms with E-state index >= 15 is 0 Å². The molecule has 0 atom stereocenters. The van der Waals surface area contributed by atoms with Crippen LogP contribution in [0.1, 0.15) is 0 Å². The average Bonchev–Trinajstić information content (AvgIpc) is 2.81. The topological polar surface area (TPSA) is 82.1 Å². The van der Waals surface area contributed by atoms with Gasteiger partial charge in [-0.05, 0) is 50.1 Å². The maximum absolute atomic E-state index is 4.55. The number of thioether (sulfide) groups is 2. The molecule has 4 heterocycles. The van der Waals surface area contributed by atoms with Gasteiger partial charge in [-0.15, -0.1) is 11.8 Å². The summed E-state index contributed by atoms with van der Waals surface area (Å²) in [4.78, 5) is 23.3. The number of hydrogen-bond donors (Lipinski definition) is 2. The third kappa shape index (κ3) is 6.98. The summed E-state index contributed by atoms with van der Waals surface area (Å²) in [5.41, 5.74) is 1.15. The van der Waals surface area contributed by atoms with Gasteiger partial charge in [-0.1, -0.05) is 0 Å². The minimum Gasteiger partial charge on any atom is -0.368 e. The SMILES string of the molecule is CSC.CSc1cccnc1Nc1cc(Nc2ccc(N3CCN(C)CC3)cn2)ncn1. The molecule has 0 radical (unpaired) electrons. The number of hydrogen-bond acceptors (Lipinski definition) is 10. The minimum atomic E-state index is 0.670. The monoisotopic (exact) mass is 470 g/mol. The molecular formula is C22H30N8S2. The molecule has 1 saturated heterocycles. The maximum atomic E-state index is 4.55. The van der Waals surface area contributed by atoms with Gasteiger partial charge in [0.25, 0.3) is 0 Å². The molecule has 32 heavy (non-hydrogen) atoms. The second-order valence-electron chi connectivity index (χ2n) is 7.19. The zero-order valence-corrected chi connectivity index (χ0v) is 20.6. The predicted octanol–water partition coefficient (Wildman–Crippen LogP) is 4.21. The Balaban J connectivity index is 0.000000913. The highest BCUT2D eigenvalue weighted by Crippen LogP contribution is 2.26. The number of pyridine rings is 2. The van der Waals surface area contributed by atoms with E-state index < -0.39 is 0 Å². The third-order valence-electron chi connectivity index (χ3n) is 4.78. The number of likely N-dealkylation sites (N-methyl/N-ethyl adjacent to an activating group) is 1. The Bertz CT molecular complexity index is 962. The summed E-state index contributed by atoms with van der Waals surface area (Å²) >= 11 is 3.38. The van der Waals surface area contributed by atoms with E-state index in [9.17, 15) is 0 Å². The van der Waals surface area contributed by atoms with Crippen molar-refractivity contribution < 1.29 is 0 Å². The van der Waals surface area contributed by atoms with E-state index in [1.165, 1.54) is 6.33 Å². The Labute approximate surface area is 198 Å². The second-order valence-corrected chi connectivity index (χ2v) is 8.86. The van der Waals surface area contributed by atoms with Gasteiger partial charge in [0, 0.05) is 43.3 Å². The van der Waals surface area contributed by atoms with E-state index in [0.717, 1.165) is 48.4 Å². The Hall–Kier alpha value is -2.56. The van der Waals surface area contributed by atoms with Gasteiger partial charge >= 0.3 is 0 Å². The van der Waals surface area contributed by atoms with Gasteiger partial charge in [0.1, 0.15) is 29.6 Å². The van der Waals surface area contributed by atoms with Gasteiger partial charge in [-0.25, -0.2) is 19.9 Å². The molecule has 3 aromatic rings. The lowest BCUT2D eigenvalue weighted by molar-refractivity contribution is 0.313. The molecule has 2 N–H and O–H groups in total. The van der Waals surface area contributed by atoms with E-state index in [0.29, 0.717) is 11.6 Å². The fourth-order valence-corrected chi connectivity index (χ4v) is 3.62. The van der Waals surface area contributed by atoms with Gasteiger partial charge in [0.05, 0.1) is 11.9 Å². The highest BCUT2D eigenvalue weighted by atomic mass is 32.2. The zero-order valence-electron chi connectivity index (χ0n) is 18.9. The fraction of sp³-hybridized carbons (Fsp3) is 0.364. The van der Waals surface area contributed by atoms with Crippen LogP contribution in [0.3, 0.4) is 0 Å². The number of rotatable bonds is 6. The molecule has 0 spiro atoms. The molecule has 0 amide bonds. The molecule has 3 aromatic heterocycles. The molecule has 1 aliphatic rings. The van der Waals surface area contributed by atoms with Crippen molar-refractivity contribution in [2.75, 3.05) is 67.5 Å². The Morgan fingerprint density at radius 1 is 0.844 bits per heavy atom. The summed E-state index contributed by atoms with van der Waals surface area (Å²) in [7, 11) is 2.16. The number of anilines is 5. The first kappa shape index (κ1) is 24.1. The Morgan fingerprint density at radius 3 is 2.22 bits per heavy atom. The maximum Gasteiger partial charge on any atom is 0.145 e. The van der Waals surface area contributed by atoms with Gasteiger partial charge < -0.3 is 20.4 Å². The van der Waals surface area contributed by atoms with Crippen molar-refractivity contribution in [3.63, 3.8) is 0 Å². The molecule has 4 rings (SSSR count). The summed E-state index contributed by atoms with van der Waals surface area (Å²) in [5.74, 6) is 2.86.